The molecule has 5 heterocycles. The summed E-state index contributed by atoms with van der Waals surface area (Å²) in [5, 5.41) is 5.41. The number of benzene rings is 1. The van der Waals surface area contributed by atoms with Gasteiger partial charge in [0.1, 0.15) is 10.8 Å². The molecule has 3 atom stereocenters. The molecule has 8 nitrogen and oxygen atoms in total. The molecule has 32 heavy (non-hydrogen) atoms. The molecule has 166 valence electrons. The van der Waals surface area contributed by atoms with Crippen LogP contribution in [0.4, 0.5) is 10.3 Å². The van der Waals surface area contributed by atoms with Crippen molar-refractivity contribution in [1.29, 1.82) is 0 Å². The third-order valence-corrected chi connectivity index (χ3v) is 7.67. The van der Waals surface area contributed by atoms with Gasteiger partial charge in [-0.3, -0.25) is 9.36 Å². The Balaban J connectivity index is 1.54. The van der Waals surface area contributed by atoms with Crippen molar-refractivity contribution in [2.45, 2.75) is 44.2 Å². The lowest BCUT2D eigenvalue weighted by Gasteiger charge is -2.25. The van der Waals surface area contributed by atoms with Gasteiger partial charge in [0.15, 0.2) is 6.80 Å². The molecule has 3 aromatic heterocycles. The van der Waals surface area contributed by atoms with Gasteiger partial charge in [0.25, 0.3) is 5.56 Å². The first-order valence-electron chi connectivity index (χ1n) is 10.4. The highest BCUT2D eigenvalue weighted by Gasteiger charge is 2.46. The van der Waals surface area contributed by atoms with Crippen LogP contribution in [-0.4, -0.2) is 42.4 Å². The van der Waals surface area contributed by atoms with Gasteiger partial charge in [0.05, 0.1) is 21.3 Å². The van der Waals surface area contributed by atoms with Crippen molar-refractivity contribution in [2.75, 3.05) is 4.90 Å². The summed E-state index contributed by atoms with van der Waals surface area (Å²) >= 11 is 13.0. The third kappa shape index (κ3) is 2.55. The van der Waals surface area contributed by atoms with Crippen molar-refractivity contribution >= 4 is 51.1 Å². The molecule has 1 aromatic carbocycles. The van der Waals surface area contributed by atoms with E-state index >= 15 is 0 Å². The number of anilines is 1. The smallest absolute Gasteiger partial charge is 0.264 e. The summed E-state index contributed by atoms with van der Waals surface area (Å²) in [5.74, 6) is 0.630. The number of hydrogen-bond donors (Lipinski definition) is 2. The molecule has 2 aliphatic heterocycles. The number of hydrogen-bond acceptors (Lipinski definition) is 5. The number of alkyl halides is 1. The monoisotopic (exact) mass is 475 g/mol. The Morgan fingerprint density at radius 3 is 2.75 bits per heavy atom. The first-order valence-corrected chi connectivity index (χ1v) is 11.2. The fraction of sp³-hybridized carbons (Fsp3) is 0.381. The molecule has 3 N–H and O–H groups in total. The SMILES string of the molecule is Cn1c(N2[C@H]3CC[C@@H]2[C@H](N)C3)nc2[nH]cc(-c3ccc4nn(CF)c(Cl)c4c3Cl)c2c1=O. The van der Waals surface area contributed by atoms with E-state index in [1.807, 2.05) is 0 Å². The highest BCUT2D eigenvalue weighted by Crippen LogP contribution is 2.41. The van der Waals surface area contributed by atoms with E-state index in [4.69, 9.17) is 33.9 Å². The molecule has 0 amide bonds. The van der Waals surface area contributed by atoms with Crippen molar-refractivity contribution in [3.63, 3.8) is 0 Å². The molecule has 2 bridgehead atoms. The van der Waals surface area contributed by atoms with Crippen LogP contribution in [0.15, 0.2) is 23.1 Å². The molecule has 0 radical (unpaired) electrons. The standard InChI is InChI=1S/C21H20Cl2FN7O/c1-29-20(32)15-11(10-3-4-13-16(17(10)22)18(23)30(8-24)28-13)7-26-19(15)27-21(29)31-9-2-5-14(31)12(25)6-9/h3-4,7,9,12,14,26H,2,5-6,8,25H2,1H3/t9-,12+,14+/m0/s1. The van der Waals surface area contributed by atoms with E-state index in [1.165, 1.54) is 0 Å². The van der Waals surface area contributed by atoms with Gasteiger partial charge >= 0.3 is 0 Å². The molecule has 0 spiro atoms. The van der Waals surface area contributed by atoms with Crippen LogP contribution in [0.3, 0.4) is 0 Å². The van der Waals surface area contributed by atoms with E-state index in [0.29, 0.717) is 50.1 Å². The van der Waals surface area contributed by atoms with Crippen molar-refractivity contribution in [2.24, 2.45) is 12.8 Å². The van der Waals surface area contributed by atoms with Crippen LogP contribution in [0.1, 0.15) is 19.3 Å². The minimum atomic E-state index is -0.859. The van der Waals surface area contributed by atoms with Crippen molar-refractivity contribution < 1.29 is 4.39 Å². The lowest BCUT2D eigenvalue weighted by atomic mass is 9.97. The zero-order chi connectivity index (χ0) is 22.3. The van der Waals surface area contributed by atoms with Crippen LogP contribution in [-0.2, 0) is 13.8 Å². The Hall–Kier alpha value is -2.62. The number of halogens is 3. The van der Waals surface area contributed by atoms with Crippen LogP contribution < -0.4 is 16.2 Å². The molecule has 2 fully saturated rings. The third-order valence-electron chi connectivity index (χ3n) is 6.89. The van der Waals surface area contributed by atoms with Gasteiger partial charge in [-0.25, -0.2) is 9.07 Å². The summed E-state index contributed by atoms with van der Waals surface area (Å²) in [4.78, 5) is 23.6. The second kappa shape index (κ2) is 6.94. The summed E-state index contributed by atoms with van der Waals surface area (Å²) in [5.41, 5.74) is 8.29. The predicted molar refractivity (Wildman–Crippen MR) is 123 cm³/mol. The van der Waals surface area contributed by atoms with E-state index < -0.39 is 6.80 Å². The first-order chi connectivity index (χ1) is 15.4. The van der Waals surface area contributed by atoms with Crippen LogP contribution >= 0.6 is 23.2 Å². The Labute approximate surface area is 191 Å². The molecule has 0 unspecified atom stereocenters. The van der Waals surface area contributed by atoms with Crippen LogP contribution in [0.5, 0.6) is 0 Å². The topological polar surface area (TPSA) is 97.8 Å². The van der Waals surface area contributed by atoms with Crippen LogP contribution in [0.2, 0.25) is 10.2 Å². The zero-order valence-electron chi connectivity index (χ0n) is 17.1. The lowest BCUT2D eigenvalue weighted by molar-refractivity contribution is 0.352. The van der Waals surface area contributed by atoms with E-state index in [1.54, 1.807) is 29.9 Å². The van der Waals surface area contributed by atoms with E-state index in [2.05, 4.69) is 15.0 Å². The molecular weight excluding hydrogens is 456 g/mol. The number of nitrogens with one attached hydrogen (secondary N) is 1. The fourth-order valence-corrected chi connectivity index (χ4v) is 6.05. The Morgan fingerprint density at radius 1 is 1.25 bits per heavy atom. The molecule has 11 heteroatoms. The van der Waals surface area contributed by atoms with E-state index in [0.717, 1.165) is 23.9 Å². The number of aromatic nitrogens is 5. The number of H-pyrrole nitrogens is 1. The zero-order valence-corrected chi connectivity index (χ0v) is 18.7. The Kier molecular flexibility index (Phi) is 4.34. The number of nitrogens with two attached hydrogens (primary N) is 1. The van der Waals surface area contributed by atoms with Crippen molar-refractivity contribution in [3.8, 4) is 11.1 Å². The highest BCUT2D eigenvalue weighted by atomic mass is 35.5. The summed E-state index contributed by atoms with van der Waals surface area (Å²) in [7, 11) is 1.73. The second-order valence-corrected chi connectivity index (χ2v) is 9.27. The van der Waals surface area contributed by atoms with Gasteiger partial charge in [0, 0.05) is 42.5 Å². The summed E-state index contributed by atoms with van der Waals surface area (Å²) in [6, 6.07) is 4.08. The molecule has 4 aromatic rings. The fourth-order valence-electron chi connectivity index (χ4n) is 5.38. The van der Waals surface area contributed by atoms with Gasteiger partial charge in [-0.1, -0.05) is 29.3 Å². The van der Waals surface area contributed by atoms with Crippen molar-refractivity contribution in [3.05, 3.63) is 38.9 Å². The quantitative estimate of drug-likeness (QED) is 0.471. The van der Waals surface area contributed by atoms with Gasteiger partial charge in [-0.05, 0) is 25.3 Å². The predicted octanol–water partition coefficient (Wildman–Crippen LogP) is 3.58. The average Bonchev–Trinajstić information content (AvgIpc) is 3.52. The summed E-state index contributed by atoms with van der Waals surface area (Å²) < 4.78 is 15.8. The van der Waals surface area contributed by atoms with Crippen LogP contribution in [0.25, 0.3) is 33.1 Å². The largest absolute Gasteiger partial charge is 0.345 e. The highest BCUT2D eigenvalue weighted by molar-refractivity contribution is 6.43. The van der Waals surface area contributed by atoms with Crippen LogP contribution in [0, 0.1) is 0 Å². The first kappa shape index (κ1) is 20.0. The molecule has 2 saturated heterocycles. The average molecular weight is 476 g/mol. The second-order valence-electron chi connectivity index (χ2n) is 8.54. The summed E-state index contributed by atoms with van der Waals surface area (Å²) in [6.07, 6.45) is 4.70. The Morgan fingerprint density at radius 2 is 2.06 bits per heavy atom. The lowest BCUT2D eigenvalue weighted by Crippen LogP contribution is -2.40. The molecule has 0 aliphatic carbocycles. The number of aromatic amines is 1. The van der Waals surface area contributed by atoms with Crippen molar-refractivity contribution in [1.82, 2.24) is 24.3 Å². The minimum absolute atomic E-state index is 0.0982. The van der Waals surface area contributed by atoms with Gasteiger partial charge in [-0.2, -0.15) is 10.1 Å². The van der Waals surface area contributed by atoms with Gasteiger partial charge < -0.3 is 15.6 Å². The maximum atomic E-state index is 13.5. The molecule has 2 aliphatic rings. The Bertz CT molecular complexity index is 1460. The van der Waals surface area contributed by atoms with Gasteiger partial charge in [-0.15, -0.1) is 0 Å². The molecule has 6 rings (SSSR count). The number of nitrogens with zero attached hydrogens (tertiary/aromatic N) is 5. The maximum absolute atomic E-state index is 13.5. The minimum Gasteiger partial charge on any atom is -0.345 e. The molecule has 0 saturated carbocycles. The number of fused-ring (bicyclic) bond motifs is 4. The maximum Gasteiger partial charge on any atom is 0.264 e. The normalized spacial score (nSPS) is 22.7. The van der Waals surface area contributed by atoms with E-state index in [-0.39, 0.29) is 22.8 Å². The van der Waals surface area contributed by atoms with E-state index in [9.17, 15) is 9.18 Å². The number of rotatable bonds is 3. The summed E-state index contributed by atoms with van der Waals surface area (Å²) in [6.45, 7) is -0.859. The van der Waals surface area contributed by atoms with Gasteiger partial charge in [0.2, 0.25) is 5.95 Å². The molecular formula is C21H20Cl2FN7O.